The van der Waals surface area contributed by atoms with Crippen molar-refractivity contribution in [2.75, 3.05) is 13.1 Å². The van der Waals surface area contributed by atoms with Crippen LogP contribution in [0.2, 0.25) is 0 Å². The molecular formula is C10H12N4O2S3. The molecule has 19 heavy (non-hydrogen) atoms. The molecule has 0 radical (unpaired) electrons. The number of likely N-dealkylation sites (N-methyl/N-ethyl adjacent to an activating group) is 1. The Hall–Kier alpha value is -1.16. The highest BCUT2D eigenvalue weighted by Gasteiger charge is 2.26. The van der Waals surface area contributed by atoms with E-state index in [1.54, 1.807) is 19.1 Å². The van der Waals surface area contributed by atoms with Crippen molar-refractivity contribution in [3.63, 3.8) is 0 Å². The molecule has 0 atom stereocenters. The van der Waals surface area contributed by atoms with Gasteiger partial charge in [-0.25, -0.2) is 8.42 Å². The molecule has 102 valence electrons. The van der Waals surface area contributed by atoms with Crippen molar-refractivity contribution in [1.82, 2.24) is 13.1 Å². The summed E-state index contributed by atoms with van der Waals surface area (Å²) in [4.78, 5) is 0.269. The summed E-state index contributed by atoms with van der Waals surface area (Å²) in [5, 5.41) is 0. The van der Waals surface area contributed by atoms with Crippen LogP contribution in [0.15, 0.2) is 23.1 Å². The summed E-state index contributed by atoms with van der Waals surface area (Å²) in [7, 11) is -3.67. The Morgan fingerprint density at radius 3 is 2.84 bits per heavy atom. The summed E-state index contributed by atoms with van der Waals surface area (Å²) in [6.45, 7) is 2.03. The number of nitrogens with zero attached hydrogens (tertiary/aromatic N) is 3. The van der Waals surface area contributed by atoms with Crippen LogP contribution in [-0.2, 0) is 10.0 Å². The second kappa shape index (κ2) is 5.45. The lowest BCUT2D eigenvalue weighted by Crippen LogP contribution is -2.37. The molecule has 2 N–H and O–H groups in total. The second-order valence-corrected chi connectivity index (χ2v) is 6.74. The Balaban J connectivity index is 2.54. The van der Waals surface area contributed by atoms with Gasteiger partial charge in [0.25, 0.3) is 0 Å². The molecule has 9 heteroatoms. The molecule has 0 fully saturated rings. The molecule has 0 saturated carbocycles. The van der Waals surface area contributed by atoms with E-state index in [9.17, 15) is 8.42 Å². The van der Waals surface area contributed by atoms with Crippen LogP contribution < -0.4 is 5.73 Å². The number of hydrogen-bond donors (Lipinski definition) is 1. The number of aromatic nitrogens is 2. The van der Waals surface area contributed by atoms with Crippen LogP contribution in [0, 0.1) is 0 Å². The van der Waals surface area contributed by atoms with Crippen LogP contribution in [-0.4, -0.2) is 39.5 Å². The first-order valence-electron chi connectivity index (χ1n) is 5.46. The van der Waals surface area contributed by atoms with E-state index in [1.807, 2.05) is 0 Å². The van der Waals surface area contributed by atoms with Crippen LogP contribution >= 0.6 is 23.9 Å². The van der Waals surface area contributed by atoms with Gasteiger partial charge in [0.2, 0.25) is 10.0 Å². The summed E-state index contributed by atoms with van der Waals surface area (Å²) in [5.74, 6) is 0. The van der Waals surface area contributed by atoms with Crippen molar-refractivity contribution >= 4 is 50.0 Å². The first-order chi connectivity index (χ1) is 8.96. The Morgan fingerprint density at radius 2 is 2.21 bits per heavy atom. The van der Waals surface area contributed by atoms with E-state index in [-0.39, 0.29) is 23.0 Å². The molecule has 0 aliphatic heterocycles. The van der Waals surface area contributed by atoms with E-state index >= 15 is 0 Å². The van der Waals surface area contributed by atoms with Crippen LogP contribution in [0.4, 0.5) is 0 Å². The van der Waals surface area contributed by atoms with Gasteiger partial charge in [0.15, 0.2) is 0 Å². The first kappa shape index (κ1) is 14.3. The van der Waals surface area contributed by atoms with E-state index in [0.29, 0.717) is 11.0 Å². The fraction of sp³-hybridized carbons (Fsp3) is 0.300. The molecular weight excluding hydrogens is 304 g/mol. The molecule has 0 spiro atoms. The monoisotopic (exact) mass is 316 g/mol. The highest BCUT2D eigenvalue weighted by Crippen LogP contribution is 2.24. The summed E-state index contributed by atoms with van der Waals surface area (Å²) in [6.07, 6.45) is 0. The lowest BCUT2D eigenvalue weighted by Gasteiger charge is -2.19. The molecule has 1 aromatic carbocycles. The molecule has 0 bridgehead atoms. The molecule has 6 nitrogen and oxygen atoms in total. The quantitative estimate of drug-likeness (QED) is 0.827. The molecule has 0 saturated heterocycles. The maximum absolute atomic E-state index is 12.6. The summed E-state index contributed by atoms with van der Waals surface area (Å²) >= 11 is 5.76. The van der Waals surface area contributed by atoms with Crippen LogP contribution in [0.25, 0.3) is 11.0 Å². The zero-order valence-corrected chi connectivity index (χ0v) is 12.6. The number of hydrogen-bond acceptors (Lipinski definition) is 6. The third-order valence-corrected chi connectivity index (χ3v) is 5.18. The van der Waals surface area contributed by atoms with Gasteiger partial charge in [-0.15, -0.1) is 0 Å². The smallest absolute Gasteiger partial charge is 0.245 e. The van der Waals surface area contributed by atoms with Crippen molar-refractivity contribution in [2.45, 2.75) is 11.8 Å². The minimum absolute atomic E-state index is 0.0160. The number of sulfonamides is 1. The summed E-state index contributed by atoms with van der Waals surface area (Å²) in [6, 6.07) is 4.88. The third-order valence-electron chi connectivity index (χ3n) is 2.55. The molecule has 0 unspecified atom stereocenters. The minimum Gasteiger partial charge on any atom is -0.392 e. The topological polar surface area (TPSA) is 89.2 Å². The number of benzene rings is 1. The van der Waals surface area contributed by atoms with Gasteiger partial charge in [0.1, 0.15) is 15.9 Å². The van der Waals surface area contributed by atoms with E-state index in [2.05, 4.69) is 8.75 Å². The number of fused-ring (bicyclic) bond motifs is 1. The maximum Gasteiger partial charge on any atom is 0.245 e. The van der Waals surface area contributed by atoms with E-state index in [4.69, 9.17) is 18.0 Å². The molecule has 0 aliphatic carbocycles. The van der Waals surface area contributed by atoms with Crippen molar-refractivity contribution in [1.29, 1.82) is 0 Å². The van der Waals surface area contributed by atoms with Gasteiger partial charge < -0.3 is 5.73 Å². The Labute approximate surface area is 120 Å². The highest BCUT2D eigenvalue weighted by molar-refractivity contribution is 7.89. The zero-order valence-electron chi connectivity index (χ0n) is 10.1. The molecule has 0 aliphatic rings. The van der Waals surface area contributed by atoms with Gasteiger partial charge in [-0.05, 0) is 12.1 Å². The average Bonchev–Trinajstić information content (AvgIpc) is 2.83. The van der Waals surface area contributed by atoms with Gasteiger partial charge in [-0.2, -0.15) is 13.1 Å². The summed E-state index contributed by atoms with van der Waals surface area (Å²) < 4.78 is 34.4. The van der Waals surface area contributed by atoms with Crippen molar-refractivity contribution in [2.24, 2.45) is 5.73 Å². The lowest BCUT2D eigenvalue weighted by molar-refractivity contribution is 0.468. The maximum atomic E-state index is 12.6. The van der Waals surface area contributed by atoms with Crippen molar-refractivity contribution < 1.29 is 8.42 Å². The zero-order chi connectivity index (χ0) is 14.0. The largest absolute Gasteiger partial charge is 0.392 e. The summed E-state index contributed by atoms with van der Waals surface area (Å²) in [5.41, 5.74) is 6.39. The lowest BCUT2D eigenvalue weighted by atomic mass is 10.3. The van der Waals surface area contributed by atoms with Crippen molar-refractivity contribution in [3.05, 3.63) is 18.2 Å². The van der Waals surface area contributed by atoms with E-state index in [0.717, 1.165) is 11.7 Å². The first-order valence-corrected chi connectivity index (χ1v) is 8.04. The minimum atomic E-state index is -3.67. The predicted octanol–water partition coefficient (Wildman–Crippen LogP) is 0.988. The third kappa shape index (κ3) is 2.73. The Kier molecular flexibility index (Phi) is 4.09. The van der Waals surface area contributed by atoms with Gasteiger partial charge >= 0.3 is 0 Å². The Morgan fingerprint density at radius 1 is 1.47 bits per heavy atom. The van der Waals surface area contributed by atoms with Gasteiger partial charge in [-0.1, -0.05) is 25.2 Å². The molecule has 0 amide bonds. The number of thiocarbonyl (C=S) groups is 1. The highest BCUT2D eigenvalue weighted by atomic mass is 32.2. The van der Waals surface area contributed by atoms with Gasteiger partial charge in [0.05, 0.1) is 23.3 Å². The fourth-order valence-corrected chi connectivity index (χ4v) is 4.09. The van der Waals surface area contributed by atoms with E-state index < -0.39 is 10.0 Å². The number of rotatable bonds is 5. The van der Waals surface area contributed by atoms with Gasteiger partial charge in [-0.3, -0.25) is 0 Å². The van der Waals surface area contributed by atoms with Crippen LogP contribution in [0.5, 0.6) is 0 Å². The standard InChI is InChI=1S/C10H12N4O2S3/c1-2-14(6-9(11)17)19(15,16)8-5-3-4-7-10(8)13-18-12-7/h3-5H,2,6H2,1H3,(H2,11,17). The predicted molar refractivity (Wildman–Crippen MR) is 78.6 cm³/mol. The molecule has 1 aromatic heterocycles. The normalized spacial score (nSPS) is 12.1. The fourth-order valence-electron chi connectivity index (χ4n) is 1.67. The molecule has 1 heterocycles. The SMILES string of the molecule is CCN(CC(N)=S)S(=O)(=O)c1cccc2nsnc12. The average molecular weight is 316 g/mol. The second-order valence-electron chi connectivity index (χ2n) is 3.79. The molecule has 2 aromatic rings. The van der Waals surface area contributed by atoms with Crippen LogP contribution in [0.3, 0.4) is 0 Å². The molecule has 2 rings (SSSR count). The van der Waals surface area contributed by atoms with E-state index in [1.165, 1.54) is 10.4 Å². The van der Waals surface area contributed by atoms with Gasteiger partial charge in [0, 0.05) is 6.54 Å². The van der Waals surface area contributed by atoms with Crippen molar-refractivity contribution in [3.8, 4) is 0 Å². The number of nitrogens with two attached hydrogens (primary N) is 1. The van der Waals surface area contributed by atoms with Crippen LogP contribution in [0.1, 0.15) is 6.92 Å². The Bertz CT molecular complexity index is 710.